The van der Waals surface area contributed by atoms with Gasteiger partial charge in [-0.15, -0.1) is 0 Å². The van der Waals surface area contributed by atoms with Crippen molar-refractivity contribution < 1.29 is 14.6 Å². The fraction of sp³-hybridized carbons (Fsp3) is 0.533. The van der Waals surface area contributed by atoms with E-state index in [-0.39, 0.29) is 5.41 Å². The number of rotatable bonds is 4. The van der Waals surface area contributed by atoms with Crippen molar-refractivity contribution in [3.05, 3.63) is 29.3 Å². The molecule has 0 saturated heterocycles. The molecule has 1 N–H and O–H groups in total. The zero-order valence-electron chi connectivity index (χ0n) is 12.4. The average molecular weight is 265 g/mol. The molecule has 0 radical (unpaired) electrons. The molecule has 0 aromatic heterocycles. The third-order valence-corrected chi connectivity index (χ3v) is 3.13. The van der Waals surface area contributed by atoms with Crippen LogP contribution in [-0.2, 0) is 11.8 Å². The maximum absolute atomic E-state index is 10.8. The van der Waals surface area contributed by atoms with Crippen molar-refractivity contribution >= 4 is 6.09 Å². The largest absolute Gasteiger partial charge is 0.496 e. The highest BCUT2D eigenvalue weighted by molar-refractivity contribution is 5.64. The molecule has 4 heteroatoms. The lowest BCUT2D eigenvalue weighted by atomic mass is 9.85. The highest BCUT2D eigenvalue weighted by atomic mass is 16.5. The van der Waals surface area contributed by atoms with E-state index in [1.165, 1.54) is 4.90 Å². The molecule has 1 aromatic rings. The van der Waals surface area contributed by atoms with E-state index in [0.717, 1.165) is 16.9 Å². The molecule has 0 bridgehead atoms. The lowest BCUT2D eigenvalue weighted by Crippen LogP contribution is -2.27. The lowest BCUT2D eigenvalue weighted by molar-refractivity contribution is 0.156. The molecule has 19 heavy (non-hydrogen) atoms. The van der Waals surface area contributed by atoms with Gasteiger partial charge in [0.25, 0.3) is 0 Å². The van der Waals surface area contributed by atoms with Crippen molar-refractivity contribution in [2.24, 2.45) is 0 Å². The number of benzene rings is 1. The first-order chi connectivity index (χ1) is 8.75. The van der Waals surface area contributed by atoms with Crippen molar-refractivity contribution in [2.75, 3.05) is 20.7 Å². The van der Waals surface area contributed by atoms with Gasteiger partial charge in [0.1, 0.15) is 5.75 Å². The van der Waals surface area contributed by atoms with Gasteiger partial charge < -0.3 is 14.7 Å². The van der Waals surface area contributed by atoms with Gasteiger partial charge in [-0.3, -0.25) is 0 Å². The summed E-state index contributed by atoms with van der Waals surface area (Å²) in [5, 5.41) is 8.83. The minimum Gasteiger partial charge on any atom is -0.496 e. The number of amides is 1. The second kappa shape index (κ2) is 5.95. The van der Waals surface area contributed by atoms with E-state index in [2.05, 4.69) is 26.8 Å². The molecule has 0 heterocycles. The van der Waals surface area contributed by atoms with Crippen LogP contribution in [0.4, 0.5) is 4.79 Å². The minimum atomic E-state index is -0.899. The smallest absolute Gasteiger partial charge is 0.407 e. The number of carbonyl (C=O) groups is 1. The van der Waals surface area contributed by atoms with Gasteiger partial charge in [0.2, 0.25) is 0 Å². The van der Waals surface area contributed by atoms with Crippen molar-refractivity contribution in [1.29, 1.82) is 0 Å². The summed E-state index contributed by atoms with van der Waals surface area (Å²) >= 11 is 0. The maximum Gasteiger partial charge on any atom is 0.407 e. The van der Waals surface area contributed by atoms with Gasteiger partial charge in [0, 0.05) is 13.6 Å². The number of ether oxygens (including phenoxy) is 1. The van der Waals surface area contributed by atoms with Crippen molar-refractivity contribution in [3.8, 4) is 5.75 Å². The molecule has 0 aliphatic heterocycles. The van der Waals surface area contributed by atoms with Crippen LogP contribution in [0.1, 0.15) is 31.9 Å². The Morgan fingerprint density at radius 3 is 2.47 bits per heavy atom. The SMILES string of the molecule is COc1ccc(CCN(C)C(=O)O)cc1C(C)(C)C. The predicted octanol–water partition coefficient (Wildman–Crippen LogP) is 3.15. The zero-order valence-corrected chi connectivity index (χ0v) is 12.4. The zero-order chi connectivity index (χ0) is 14.6. The van der Waals surface area contributed by atoms with Crippen LogP contribution in [0, 0.1) is 0 Å². The van der Waals surface area contributed by atoms with E-state index in [4.69, 9.17) is 9.84 Å². The third-order valence-electron chi connectivity index (χ3n) is 3.13. The fourth-order valence-corrected chi connectivity index (χ4v) is 1.89. The first-order valence-corrected chi connectivity index (χ1v) is 6.37. The molecule has 4 nitrogen and oxygen atoms in total. The second-order valence-corrected chi connectivity index (χ2v) is 5.74. The molecule has 0 aliphatic carbocycles. The fourth-order valence-electron chi connectivity index (χ4n) is 1.89. The third kappa shape index (κ3) is 4.16. The Morgan fingerprint density at radius 2 is 2.00 bits per heavy atom. The Labute approximate surface area is 115 Å². The second-order valence-electron chi connectivity index (χ2n) is 5.74. The molecule has 106 valence electrons. The Hall–Kier alpha value is -1.71. The summed E-state index contributed by atoms with van der Waals surface area (Å²) in [4.78, 5) is 12.0. The van der Waals surface area contributed by atoms with Gasteiger partial charge in [-0.05, 0) is 29.0 Å². The van der Waals surface area contributed by atoms with Gasteiger partial charge in [-0.2, -0.15) is 0 Å². The van der Waals surface area contributed by atoms with E-state index in [1.807, 2.05) is 12.1 Å². The molecular weight excluding hydrogens is 242 g/mol. The van der Waals surface area contributed by atoms with Crippen molar-refractivity contribution in [3.63, 3.8) is 0 Å². The standard InChI is InChI=1S/C15H23NO3/c1-15(2,3)12-10-11(6-7-13(12)19-5)8-9-16(4)14(17)18/h6-7,10H,8-9H2,1-5H3,(H,17,18). The molecule has 0 spiro atoms. The molecule has 0 saturated carbocycles. The molecule has 0 fully saturated rings. The lowest BCUT2D eigenvalue weighted by Gasteiger charge is -2.23. The average Bonchev–Trinajstić information content (AvgIpc) is 2.34. The summed E-state index contributed by atoms with van der Waals surface area (Å²) in [5.74, 6) is 0.878. The van der Waals surface area contributed by atoms with Crippen LogP contribution < -0.4 is 4.74 Å². The summed E-state index contributed by atoms with van der Waals surface area (Å²) in [7, 11) is 3.25. The van der Waals surface area contributed by atoms with Gasteiger partial charge in [-0.1, -0.05) is 32.9 Å². The quantitative estimate of drug-likeness (QED) is 0.909. The van der Waals surface area contributed by atoms with Crippen LogP contribution in [0.25, 0.3) is 0 Å². The van der Waals surface area contributed by atoms with Crippen LogP contribution in [-0.4, -0.2) is 36.8 Å². The maximum atomic E-state index is 10.8. The number of nitrogens with zero attached hydrogens (tertiary/aromatic N) is 1. The van der Waals surface area contributed by atoms with E-state index in [9.17, 15) is 4.79 Å². The molecular formula is C15H23NO3. The minimum absolute atomic E-state index is 0.0000527. The Kier molecular flexibility index (Phi) is 4.81. The molecule has 1 aromatic carbocycles. The Balaban J connectivity index is 2.90. The Bertz CT molecular complexity index is 449. The van der Waals surface area contributed by atoms with Crippen molar-refractivity contribution in [2.45, 2.75) is 32.6 Å². The van der Waals surface area contributed by atoms with Gasteiger partial charge in [-0.25, -0.2) is 4.79 Å². The number of carboxylic acid groups (broad SMARTS) is 1. The van der Waals surface area contributed by atoms with Crippen LogP contribution in [0.3, 0.4) is 0 Å². The van der Waals surface area contributed by atoms with Crippen molar-refractivity contribution in [1.82, 2.24) is 4.90 Å². The van der Waals surface area contributed by atoms with Crippen LogP contribution in [0.5, 0.6) is 5.75 Å². The number of methoxy groups -OCH3 is 1. The molecule has 0 unspecified atom stereocenters. The highest BCUT2D eigenvalue weighted by Gasteiger charge is 2.19. The van der Waals surface area contributed by atoms with Gasteiger partial charge in [0.15, 0.2) is 0 Å². The van der Waals surface area contributed by atoms with E-state index >= 15 is 0 Å². The van der Waals surface area contributed by atoms with Crippen LogP contribution >= 0.6 is 0 Å². The summed E-state index contributed by atoms with van der Waals surface area (Å²) in [6.45, 7) is 6.90. The first-order valence-electron chi connectivity index (χ1n) is 6.37. The predicted molar refractivity (Wildman–Crippen MR) is 76.1 cm³/mol. The number of hydrogen-bond acceptors (Lipinski definition) is 2. The summed E-state index contributed by atoms with van der Waals surface area (Å²) in [5.41, 5.74) is 2.27. The summed E-state index contributed by atoms with van der Waals surface area (Å²) < 4.78 is 5.39. The van der Waals surface area contributed by atoms with E-state index < -0.39 is 6.09 Å². The van der Waals surface area contributed by atoms with Gasteiger partial charge in [0.05, 0.1) is 7.11 Å². The van der Waals surface area contributed by atoms with E-state index in [0.29, 0.717) is 13.0 Å². The summed E-state index contributed by atoms with van der Waals surface area (Å²) in [6, 6.07) is 6.05. The Morgan fingerprint density at radius 1 is 1.37 bits per heavy atom. The molecule has 1 amide bonds. The van der Waals surface area contributed by atoms with Gasteiger partial charge >= 0.3 is 6.09 Å². The molecule has 0 aliphatic rings. The topological polar surface area (TPSA) is 49.8 Å². The normalized spacial score (nSPS) is 11.2. The highest BCUT2D eigenvalue weighted by Crippen LogP contribution is 2.32. The van der Waals surface area contributed by atoms with Crippen LogP contribution in [0.15, 0.2) is 18.2 Å². The number of hydrogen-bond donors (Lipinski definition) is 1. The molecule has 1 rings (SSSR count). The first kappa shape index (κ1) is 15.3. The van der Waals surface area contributed by atoms with E-state index in [1.54, 1.807) is 14.2 Å². The van der Waals surface area contributed by atoms with Crippen LogP contribution in [0.2, 0.25) is 0 Å². The monoisotopic (exact) mass is 265 g/mol. The summed E-state index contributed by atoms with van der Waals surface area (Å²) in [6.07, 6.45) is -0.194. The number of likely N-dealkylation sites (N-methyl/N-ethyl adjacent to an activating group) is 1. The molecule has 0 atom stereocenters.